The first-order valence-electron chi connectivity index (χ1n) is 36.5. The third kappa shape index (κ3) is 19.4. The molecule has 11 aromatic rings. The predicted octanol–water partition coefficient (Wildman–Crippen LogP) is 13.6. The van der Waals surface area contributed by atoms with Crippen LogP contribution in [0.25, 0.3) is 65.8 Å². The number of likely N-dealkylation sites (N-methyl/N-ethyl adjacent to an activating group) is 3. The number of aryl methyl sites for hydroxylation is 5. The summed E-state index contributed by atoms with van der Waals surface area (Å²) in [6.07, 6.45) is 17.3. The van der Waals surface area contributed by atoms with Crippen molar-refractivity contribution in [3.63, 3.8) is 0 Å². The minimum atomic E-state index is -0.489. The zero-order valence-corrected chi connectivity index (χ0v) is 60.7. The maximum atomic E-state index is 13.5. The predicted molar refractivity (Wildman–Crippen MR) is 405 cm³/mol. The Morgan fingerprint density at radius 2 is 0.915 bits per heavy atom. The number of aromatic hydroxyl groups is 2. The van der Waals surface area contributed by atoms with Gasteiger partial charge in [-0.25, -0.2) is 8.78 Å². The van der Waals surface area contributed by atoms with Gasteiger partial charge in [-0.1, -0.05) is 25.7 Å². The number of ether oxygens (including phenoxy) is 3. The molecule has 556 valence electrons. The van der Waals surface area contributed by atoms with Crippen LogP contribution in [0.3, 0.4) is 0 Å². The fourth-order valence-corrected chi connectivity index (χ4v) is 14.2. The number of aromatic nitrogens is 2. The van der Waals surface area contributed by atoms with Crippen LogP contribution in [-0.4, -0.2) is 143 Å². The van der Waals surface area contributed by atoms with Crippen LogP contribution in [0.5, 0.6) is 34.5 Å². The number of aliphatic hydroxyl groups excluding tert-OH is 1. The highest BCUT2D eigenvalue weighted by Crippen LogP contribution is 2.35. The number of β-amino-alcohol motifs (C(OH)–C–C–N with tert-alkyl or cyclic N) is 1. The number of nitrogens with one attached hydrogen (secondary N) is 2. The average molecular weight is 1450 g/mol. The molecule has 3 atom stereocenters. The van der Waals surface area contributed by atoms with Crippen LogP contribution in [0.1, 0.15) is 112 Å². The first-order valence-corrected chi connectivity index (χ1v) is 36.5. The summed E-state index contributed by atoms with van der Waals surface area (Å²) in [7, 11) is 6.15. The molecule has 23 heteroatoms. The summed E-state index contributed by atoms with van der Waals surface area (Å²) in [4.78, 5) is 77.3. The van der Waals surface area contributed by atoms with Crippen molar-refractivity contribution in [2.75, 3.05) is 60.4 Å². The molecular weight excluding hydrogens is 1360 g/mol. The van der Waals surface area contributed by atoms with Crippen LogP contribution in [-0.2, 0) is 22.4 Å². The molecule has 3 unspecified atom stereocenters. The molecule has 5 aromatic heterocycles. The second-order valence-electron chi connectivity index (χ2n) is 28.7. The molecule has 106 heavy (non-hydrogen) atoms. The van der Waals surface area contributed by atoms with Crippen molar-refractivity contribution < 1.29 is 61.2 Å². The van der Waals surface area contributed by atoms with E-state index >= 15 is 0 Å². The highest BCUT2D eigenvalue weighted by molar-refractivity contribution is 5.95. The van der Waals surface area contributed by atoms with E-state index in [1.54, 1.807) is 55.6 Å². The van der Waals surface area contributed by atoms with Crippen molar-refractivity contribution in [2.45, 2.75) is 147 Å². The summed E-state index contributed by atoms with van der Waals surface area (Å²) in [6, 6.07) is 31.3. The number of hydrogen-bond acceptors (Lipinski definition) is 19. The number of fused-ring (bicyclic) bond motifs is 6. The van der Waals surface area contributed by atoms with Crippen LogP contribution in [0.15, 0.2) is 155 Å². The van der Waals surface area contributed by atoms with Gasteiger partial charge in [0.2, 0.25) is 28.1 Å². The van der Waals surface area contributed by atoms with Crippen LogP contribution >= 0.6 is 0 Å². The molecule has 5 N–H and O–H groups in total. The van der Waals surface area contributed by atoms with Crippen molar-refractivity contribution in [1.29, 1.82) is 0 Å². The monoisotopic (exact) mass is 1450 g/mol. The molecule has 21 nitrogen and oxygen atoms in total. The van der Waals surface area contributed by atoms with Crippen molar-refractivity contribution in [3.8, 4) is 34.5 Å². The fourth-order valence-electron chi connectivity index (χ4n) is 14.2. The number of rotatable bonds is 14. The Bertz CT molecular complexity index is 5150. The first-order chi connectivity index (χ1) is 51.0. The van der Waals surface area contributed by atoms with Crippen molar-refractivity contribution in [3.05, 3.63) is 198 Å². The Kier molecular flexibility index (Phi) is 24.4. The van der Waals surface area contributed by atoms with Gasteiger partial charge in [-0.05, 0) is 213 Å². The average Bonchev–Trinajstić information content (AvgIpc) is 0.808. The number of benzene rings is 6. The molecule has 16 rings (SSSR count). The van der Waals surface area contributed by atoms with E-state index < -0.39 is 11.6 Å². The van der Waals surface area contributed by atoms with Gasteiger partial charge in [0.25, 0.3) is 0 Å². The van der Waals surface area contributed by atoms with E-state index in [4.69, 9.17) is 37.7 Å². The molecule has 0 bridgehead atoms. The molecule has 2 saturated carbocycles. The van der Waals surface area contributed by atoms with Gasteiger partial charge in [-0.2, -0.15) is 0 Å². The molecule has 2 amide bonds. The molecule has 6 aromatic carbocycles. The van der Waals surface area contributed by atoms with E-state index in [-0.39, 0.29) is 74.7 Å². The number of pyridine rings is 2. The smallest absolute Gasteiger partial charge is 0.220 e. The van der Waals surface area contributed by atoms with E-state index in [2.05, 4.69) is 42.3 Å². The van der Waals surface area contributed by atoms with Gasteiger partial charge in [0, 0.05) is 93.8 Å². The molecule has 0 spiro atoms. The molecule has 5 aliphatic rings. The fraction of sp³-hybridized carbons (Fsp3) is 0.386. The normalized spacial score (nSPS) is 17.7. The summed E-state index contributed by atoms with van der Waals surface area (Å²) in [5, 5.41) is 36.3. The molecule has 5 fully saturated rings. The molecule has 2 aliphatic carbocycles. The summed E-state index contributed by atoms with van der Waals surface area (Å²) in [5.74, 6) is 1.54. The highest BCUT2D eigenvalue weighted by atomic mass is 19.1. The Labute approximate surface area is 611 Å². The van der Waals surface area contributed by atoms with Gasteiger partial charge >= 0.3 is 0 Å². The topological polar surface area (TPSA) is 273 Å². The summed E-state index contributed by atoms with van der Waals surface area (Å²) in [5.41, 5.74) is 5.51. The van der Waals surface area contributed by atoms with Crippen LogP contribution in [0.4, 0.5) is 8.78 Å². The lowest BCUT2D eigenvalue weighted by Crippen LogP contribution is -2.32. The number of nitrogens with zero attached hydrogens (tertiary/aromatic N) is 5. The number of phenolic OH excluding ortho intramolecular Hbond substituents is 1. The standard InChI is InChI=1S/C32H35N3O5.C19H18FNO3.C14H9FO3.C13H18N2O2.C5H11NO/c1-20-15-27-31(37)26-11-10-23(17-28(26)40-32(27)29(16-20)39-25-13-14-35(2)19-25)38-24-9-7-21(33-18-24)8-12-30(36)34-22-5-3-4-6-22;1-11-7-15-18(22)14-4-3-12(20)9-16(14)24-19(15)17(8-11)23-13-5-6-21(2)10-13;1-7-4-10-13(17)9-3-2-8(15)6-12(9)18-14(10)11(16)5-7;16-12-7-5-10(14-9-12)6-8-13(17)15-11-3-1-2-4-11;1-6-3-2-5(7)4-6/h7,9-11,15-18,22,25H,3-6,8,12-14,19H2,1-2H3,(H,34,36);3-4,7-9,13H,5-6,10H2,1-2H3;2-6,16H,1H3;5,7,9,11,16H,1-4,6,8H2,(H,15,17);5,7H,2-4H2,1H3. The SMILES string of the molecule is CN1CCC(O)C1.Cc1cc(O)c2oc3cc(F)ccc3c(=O)c2c1.Cc1cc(OC2CCN(C)C2)c2oc3cc(F)ccc3c(=O)c2c1.Cc1cc(OC2CCN(C)C2)c2oc3cc(Oc4ccc(CCC(=O)NC5CCCC5)nc4)ccc3c(=O)c2c1.O=C(CCc1ccc(O)cn1)NC1CCCC1. The Hall–Kier alpha value is -10.3. The zero-order chi connectivity index (χ0) is 74.7. The molecule has 8 heterocycles. The summed E-state index contributed by atoms with van der Waals surface area (Å²) in [6.45, 7) is 11.2. The highest BCUT2D eigenvalue weighted by Gasteiger charge is 2.27. The van der Waals surface area contributed by atoms with E-state index in [1.807, 2.05) is 58.3 Å². The van der Waals surface area contributed by atoms with Crippen molar-refractivity contribution in [1.82, 2.24) is 35.3 Å². The van der Waals surface area contributed by atoms with Gasteiger partial charge < -0.3 is 68.1 Å². The second-order valence-corrected chi connectivity index (χ2v) is 28.7. The van der Waals surface area contributed by atoms with Gasteiger partial charge in [-0.3, -0.25) is 33.9 Å². The van der Waals surface area contributed by atoms with Gasteiger partial charge in [0.15, 0.2) is 34.0 Å². The van der Waals surface area contributed by atoms with E-state index in [1.165, 1.54) is 68.3 Å². The third-order valence-corrected chi connectivity index (χ3v) is 19.7. The Balaban J connectivity index is 0.000000136. The number of likely N-dealkylation sites (tertiary alicyclic amines) is 3. The van der Waals surface area contributed by atoms with E-state index in [0.29, 0.717) is 110 Å². The van der Waals surface area contributed by atoms with Gasteiger partial charge in [-0.15, -0.1) is 0 Å². The maximum Gasteiger partial charge on any atom is 0.220 e. The number of carbonyl (C=O) groups is 2. The molecule has 3 saturated heterocycles. The molecular formula is C83H91F2N7O14. The van der Waals surface area contributed by atoms with Gasteiger partial charge in [0.05, 0.1) is 50.8 Å². The quantitative estimate of drug-likeness (QED) is 0.0633. The number of carbonyl (C=O) groups excluding carboxylic acids is 2. The lowest BCUT2D eigenvalue weighted by atomic mass is 10.1. The minimum absolute atomic E-state index is 0.0509. The number of hydrogen-bond donors (Lipinski definition) is 5. The van der Waals surface area contributed by atoms with Crippen LogP contribution in [0, 0.1) is 32.4 Å². The Morgan fingerprint density at radius 1 is 0.491 bits per heavy atom. The number of halogens is 2. The van der Waals surface area contributed by atoms with Crippen LogP contribution in [0.2, 0.25) is 0 Å². The number of amides is 2. The maximum absolute atomic E-state index is 13.5. The number of phenols is 1. The largest absolute Gasteiger partial charge is 0.506 e. The van der Waals surface area contributed by atoms with Crippen LogP contribution < -0.4 is 41.1 Å². The lowest BCUT2D eigenvalue weighted by Gasteiger charge is -2.16. The Morgan fingerprint density at radius 3 is 1.34 bits per heavy atom. The zero-order valence-electron chi connectivity index (χ0n) is 60.7. The third-order valence-electron chi connectivity index (χ3n) is 19.7. The summed E-state index contributed by atoms with van der Waals surface area (Å²) < 4.78 is 62.6. The molecule has 0 radical (unpaired) electrons. The first kappa shape index (κ1) is 75.4. The molecule has 3 aliphatic heterocycles. The van der Waals surface area contributed by atoms with Crippen molar-refractivity contribution >= 4 is 77.6 Å². The van der Waals surface area contributed by atoms with E-state index in [0.717, 1.165) is 118 Å². The number of aliphatic hydroxyl groups is 1. The van der Waals surface area contributed by atoms with Crippen molar-refractivity contribution in [2.24, 2.45) is 0 Å². The summed E-state index contributed by atoms with van der Waals surface area (Å²) >= 11 is 0. The van der Waals surface area contributed by atoms with E-state index in [9.17, 15) is 37.9 Å². The lowest BCUT2D eigenvalue weighted by molar-refractivity contribution is -0.122. The second kappa shape index (κ2) is 34.3. The minimum Gasteiger partial charge on any atom is -0.506 e. The van der Waals surface area contributed by atoms with Gasteiger partial charge in [0.1, 0.15) is 57.8 Å².